The topological polar surface area (TPSA) is 43.8 Å². The summed E-state index contributed by atoms with van der Waals surface area (Å²) >= 11 is 3.57. The minimum Gasteiger partial charge on any atom is -0.324 e. The first kappa shape index (κ1) is 14.3. The van der Waals surface area contributed by atoms with Gasteiger partial charge in [0.1, 0.15) is 0 Å². The molecule has 1 unspecified atom stereocenters. The summed E-state index contributed by atoms with van der Waals surface area (Å²) in [6.45, 7) is 3.12. The van der Waals surface area contributed by atoms with Crippen molar-refractivity contribution in [3.05, 3.63) is 52.3 Å². The van der Waals surface area contributed by atoms with Crippen LogP contribution in [0.1, 0.15) is 37.1 Å². The summed E-state index contributed by atoms with van der Waals surface area (Å²) in [5.41, 5.74) is 8.68. The van der Waals surface area contributed by atoms with E-state index in [2.05, 4.69) is 44.8 Å². The van der Waals surface area contributed by atoms with Gasteiger partial charge in [-0.1, -0.05) is 37.3 Å². The maximum absolute atomic E-state index is 6.24. The summed E-state index contributed by atoms with van der Waals surface area (Å²) in [4.78, 5) is 0. The Morgan fingerprint density at radius 2 is 2.05 bits per heavy atom. The third kappa shape index (κ3) is 3.67. The molecule has 0 saturated carbocycles. The van der Waals surface area contributed by atoms with Crippen LogP contribution in [-0.2, 0) is 13.0 Å². The van der Waals surface area contributed by atoms with Gasteiger partial charge in [-0.15, -0.1) is 0 Å². The average molecular weight is 322 g/mol. The predicted molar refractivity (Wildman–Crippen MR) is 81.9 cm³/mol. The third-order valence-corrected chi connectivity index (χ3v) is 3.92. The standard InChI is InChI=1S/C15H20BrN3/c1-2-10-19-15(13(16)11-18-19)9-8-14(17)12-6-4-3-5-7-12/h3-7,11,14H,2,8-10,17H2,1H3. The average Bonchev–Trinajstić information content (AvgIpc) is 2.78. The van der Waals surface area contributed by atoms with Gasteiger partial charge in [0.15, 0.2) is 0 Å². The second-order valence-corrected chi connectivity index (χ2v) is 5.57. The summed E-state index contributed by atoms with van der Waals surface area (Å²) in [7, 11) is 0. The van der Waals surface area contributed by atoms with Gasteiger partial charge in [0.2, 0.25) is 0 Å². The fraction of sp³-hybridized carbons (Fsp3) is 0.400. The smallest absolute Gasteiger partial charge is 0.0635 e. The van der Waals surface area contributed by atoms with Crippen molar-refractivity contribution in [2.24, 2.45) is 5.73 Å². The summed E-state index contributed by atoms with van der Waals surface area (Å²) in [6.07, 6.45) is 4.83. The van der Waals surface area contributed by atoms with Gasteiger partial charge in [-0.2, -0.15) is 5.10 Å². The quantitative estimate of drug-likeness (QED) is 0.881. The van der Waals surface area contributed by atoms with E-state index in [9.17, 15) is 0 Å². The Hall–Kier alpha value is -1.13. The molecule has 4 heteroatoms. The molecule has 0 aliphatic rings. The monoisotopic (exact) mass is 321 g/mol. The van der Waals surface area contributed by atoms with E-state index in [0.29, 0.717) is 0 Å². The Morgan fingerprint density at radius 1 is 1.32 bits per heavy atom. The van der Waals surface area contributed by atoms with E-state index in [1.807, 2.05) is 24.4 Å². The normalized spacial score (nSPS) is 12.6. The molecule has 0 radical (unpaired) electrons. The number of nitrogens with zero attached hydrogens (tertiary/aromatic N) is 2. The maximum Gasteiger partial charge on any atom is 0.0635 e. The molecule has 2 aromatic rings. The van der Waals surface area contributed by atoms with Crippen LogP contribution in [0.4, 0.5) is 0 Å². The number of benzene rings is 1. The van der Waals surface area contributed by atoms with Crippen LogP contribution >= 0.6 is 15.9 Å². The SMILES string of the molecule is CCCn1ncc(Br)c1CCC(N)c1ccccc1. The second-order valence-electron chi connectivity index (χ2n) is 4.72. The number of hydrogen-bond acceptors (Lipinski definition) is 2. The van der Waals surface area contributed by atoms with E-state index < -0.39 is 0 Å². The van der Waals surface area contributed by atoms with Gasteiger partial charge in [-0.3, -0.25) is 4.68 Å². The molecule has 0 aliphatic heterocycles. The molecule has 1 atom stereocenters. The van der Waals surface area contributed by atoms with E-state index in [1.54, 1.807) is 0 Å². The number of nitrogens with two attached hydrogens (primary N) is 1. The van der Waals surface area contributed by atoms with Crippen molar-refractivity contribution in [1.29, 1.82) is 0 Å². The highest BCUT2D eigenvalue weighted by atomic mass is 79.9. The lowest BCUT2D eigenvalue weighted by molar-refractivity contribution is 0.550. The number of aromatic nitrogens is 2. The molecular weight excluding hydrogens is 302 g/mol. The first-order valence-electron chi connectivity index (χ1n) is 6.73. The van der Waals surface area contributed by atoms with Crippen molar-refractivity contribution in [2.45, 2.75) is 38.8 Å². The molecule has 1 heterocycles. The summed E-state index contributed by atoms with van der Waals surface area (Å²) in [5, 5.41) is 4.39. The number of hydrogen-bond donors (Lipinski definition) is 1. The molecule has 0 amide bonds. The van der Waals surface area contributed by atoms with Crippen molar-refractivity contribution in [2.75, 3.05) is 0 Å². The van der Waals surface area contributed by atoms with E-state index >= 15 is 0 Å². The molecule has 3 nitrogen and oxygen atoms in total. The highest BCUT2D eigenvalue weighted by Gasteiger charge is 2.11. The molecule has 102 valence electrons. The zero-order valence-corrected chi connectivity index (χ0v) is 12.8. The molecule has 19 heavy (non-hydrogen) atoms. The van der Waals surface area contributed by atoms with Crippen LogP contribution in [-0.4, -0.2) is 9.78 Å². The summed E-state index contributed by atoms with van der Waals surface area (Å²) in [6, 6.07) is 10.3. The fourth-order valence-corrected chi connectivity index (χ4v) is 2.69. The molecule has 0 saturated heterocycles. The van der Waals surface area contributed by atoms with Gasteiger partial charge in [-0.25, -0.2) is 0 Å². The van der Waals surface area contributed by atoms with Crippen molar-refractivity contribution in [3.63, 3.8) is 0 Å². The highest BCUT2D eigenvalue weighted by molar-refractivity contribution is 9.10. The molecule has 0 fully saturated rings. The molecular formula is C15H20BrN3. The van der Waals surface area contributed by atoms with Gasteiger partial charge in [0.05, 0.1) is 16.4 Å². The Kier molecular flexibility index (Phi) is 5.16. The molecule has 2 N–H and O–H groups in total. The first-order chi connectivity index (χ1) is 9.22. The van der Waals surface area contributed by atoms with E-state index in [4.69, 9.17) is 5.73 Å². The van der Waals surface area contributed by atoms with E-state index in [1.165, 1.54) is 11.3 Å². The molecule has 2 rings (SSSR count). The lowest BCUT2D eigenvalue weighted by atomic mass is 10.0. The number of halogens is 1. The van der Waals surface area contributed by atoms with Crippen LogP contribution in [0.2, 0.25) is 0 Å². The molecule has 0 bridgehead atoms. The van der Waals surface area contributed by atoms with Gasteiger partial charge < -0.3 is 5.73 Å². The Labute approximate surface area is 122 Å². The lowest BCUT2D eigenvalue weighted by Crippen LogP contribution is -2.13. The van der Waals surface area contributed by atoms with Gasteiger partial charge in [0, 0.05) is 12.6 Å². The largest absolute Gasteiger partial charge is 0.324 e. The fourth-order valence-electron chi connectivity index (χ4n) is 2.20. The second kappa shape index (κ2) is 6.87. The zero-order valence-electron chi connectivity index (χ0n) is 11.2. The van der Waals surface area contributed by atoms with Crippen LogP contribution in [0.15, 0.2) is 41.0 Å². The lowest BCUT2D eigenvalue weighted by Gasteiger charge is -2.13. The van der Waals surface area contributed by atoms with Crippen molar-refractivity contribution >= 4 is 15.9 Å². The minimum absolute atomic E-state index is 0.0816. The summed E-state index contributed by atoms with van der Waals surface area (Å²) < 4.78 is 3.16. The van der Waals surface area contributed by atoms with Crippen molar-refractivity contribution < 1.29 is 0 Å². The van der Waals surface area contributed by atoms with Crippen molar-refractivity contribution in [1.82, 2.24) is 9.78 Å². The van der Waals surface area contributed by atoms with E-state index in [-0.39, 0.29) is 6.04 Å². The number of rotatable bonds is 6. The first-order valence-corrected chi connectivity index (χ1v) is 7.52. The van der Waals surface area contributed by atoms with E-state index in [0.717, 1.165) is 30.3 Å². The zero-order chi connectivity index (χ0) is 13.7. The summed E-state index contributed by atoms with van der Waals surface area (Å²) in [5.74, 6) is 0. The van der Waals surface area contributed by atoms with Crippen LogP contribution in [0.5, 0.6) is 0 Å². The third-order valence-electron chi connectivity index (χ3n) is 3.25. The van der Waals surface area contributed by atoms with Crippen LogP contribution < -0.4 is 5.73 Å². The molecule has 0 spiro atoms. The predicted octanol–water partition coefficient (Wildman–Crippen LogP) is 3.69. The van der Waals surface area contributed by atoms with Crippen LogP contribution in [0, 0.1) is 0 Å². The van der Waals surface area contributed by atoms with Crippen molar-refractivity contribution in [3.8, 4) is 0 Å². The van der Waals surface area contributed by atoms with Crippen LogP contribution in [0.3, 0.4) is 0 Å². The van der Waals surface area contributed by atoms with Gasteiger partial charge >= 0.3 is 0 Å². The van der Waals surface area contributed by atoms with Gasteiger partial charge in [-0.05, 0) is 40.8 Å². The molecule has 1 aromatic carbocycles. The Bertz CT molecular complexity index is 507. The molecule has 0 aliphatic carbocycles. The highest BCUT2D eigenvalue weighted by Crippen LogP contribution is 2.22. The van der Waals surface area contributed by atoms with Gasteiger partial charge in [0.25, 0.3) is 0 Å². The number of aryl methyl sites for hydroxylation is 1. The minimum atomic E-state index is 0.0816. The Balaban J connectivity index is 2.00. The maximum atomic E-state index is 6.24. The van der Waals surface area contributed by atoms with Crippen LogP contribution in [0.25, 0.3) is 0 Å². The molecule has 1 aromatic heterocycles. The Morgan fingerprint density at radius 3 is 2.74 bits per heavy atom.